The van der Waals surface area contributed by atoms with E-state index in [9.17, 15) is 19.2 Å². The number of allylic oxidation sites excluding steroid dienone is 2. The summed E-state index contributed by atoms with van der Waals surface area (Å²) in [7, 11) is 0. The minimum absolute atomic E-state index is 0.146. The molecule has 3 heterocycles. The van der Waals surface area contributed by atoms with Crippen LogP contribution in [0.25, 0.3) is 64.9 Å². The molecular formula is C38H16N2O4S3. The maximum Gasteiger partial charge on any atom is 0.197 e. The van der Waals surface area contributed by atoms with Gasteiger partial charge in [-0.15, -0.1) is 22.7 Å². The first-order chi connectivity index (χ1) is 22.9. The molecule has 8 aromatic rings. The van der Waals surface area contributed by atoms with Crippen molar-refractivity contribution in [2.75, 3.05) is 0 Å². The molecule has 3 aromatic heterocycles. The molecule has 5 aromatic carbocycles. The maximum absolute atomic E-state index is 13.5. The fraction of sp³-hybridized carbons (Fsp3) is 0. The average Bonchev–Trinajstić information content (AvgIpc) is 3.90. The molecule has 2 aliphatic carbocycles. The molecule has 0 aliphatic heterocycles. The molecule has 0 fully saturated rings. The van der Waals surface area contributed by atoms with Gasteiger partial charge in [-0.2, -0.15) is 8.75 Å². The van der Waals surface area contributed by atoms with E-state index in [1.54, 1.807) is 36.4 Å². The number of carbonyl (C=O) groups excluding carboxylic acids is 4. The van der Waals surface area contributed by atoms with Crippen LogP contribution in [0, 0.1) is 0 Å². The zero-order valence-electron chi connectivity index (χ0n) is 24.0. The van der Waals surface area contributed by atoms with Crippen LogP contribution in [0.4, 0.5) is 0 Å². The highest BCUT2D eigenvalue weighted by Gasteiger charge is 2.35. The zero-order chi connectivity index (χ0) is 31.6. The summed E-state index contributed by atoms with van der Waals surface area (Å²) in [5.74, 6) is -1.10. The number of Topliss-reactive ketones (excluding diaryl/α,β-unsaturated/α-hetero) is 4. The Hall–Kier alpha value is -5.48. The van der Waals surface area contributed by atoms with Crippen molar-refractivity contribution in [1.29, 1.82) is 0 Å². The minimum atomic E-state index is -0.274. The van der Waals surface area contributed by atoms with Crippen molar-refractivity contribution in [2.24, 2.45) is 0 Å². The van der Waals surface area contributed by atoms with Crippen molar-refractivity contribution in [2.45, 2.75) is 0 Å². The monoisotopic (exact) mass is 660 g/mol. The van der Waals surface area contributed by atoms with E-state index >= 15 is 0 Å². The third-order valence-corrected chi connectivity index (χ3v) is 11.9. The third-order valence-electron chi connectivity index (χ3n) is 9.01. The van der Waals surface area contributed by atoms with Crippen LogP contribution in [0.5, 0.6) is 0 Å². The molecule has 6 nitrogen and oxygen atoms in total. The average molecular weight is 661 g/mol. The van der Waals surface area contributed by atoms with Crippen molar-refractivity contribution in [3.8, 4) is 0 Å². The molecule has 0 saturated heterocycles. The number of thiophene rings is 2. The lowest BCUT2D eigenvalue weighted by molar-refractivity contribution is 0.0975. The molecule has 0 atom stereocenters. The second-order valence-electron chi connectivity index (χ2n) is 11.7. The topological polar surface area (TPSA) is 94.1 Å². The Morgan fingerprint density at radius 1 is 0.468 bits per heavy atom. The van der Waals surface area contributed by atoms with Crippen molar-refractivity contribution >= 4 is 122 Å². The van der Waals surface area contributed by atoms with E-state index < -0.39 is 0 Å². The van der Waals surface area contributed by atoms with E-state index in [1.165, 1.54) is 22.7 Å². The van der Waals surface area contributed by atoms with Crippen LogP contribution in [-0.2, 0) is 0 Å². The highest BCUT2D eigenvalue weighted by Crippen LogP contribution is 2.44. The van der Waals surface area contributed by atoms with Gasteiger partial charge in [0.1, 0.15) is 11.0 Å². The smallest absolute Gasteiger partial charge is 0.197 e. The molecular weight excluding hydrogens is 645 g/mol. The Labute approximate surface area is 277 Å². The molecule has 9 heteroatoms. The van der Waals surface area contributed by atoms with Crippen molar-refractivity contribution in [3.63, 3.8) is 0 Å². The van der Waals surface area contributed by atoms with Crippen LogP contribution in [0.1, 0.15) is 51.2 Å². The molecule has 10 rings (SSSR count). The Kier molecular flexibility index (Phi) is 5.41. The third kappa shape index (κ3) is 3.76. The molecule has 220 valence electrons. The number of nitrogens with zero attached hydrogens (tertiary/aromatic N) is 2. The van der Waals surface area contributed by atoms with E-state index in [1.807, 2.05) is 60.7 Å². The molecule has 0 unspecified atom stereocenters. The van der Waals surface area contributed by atoms with E-state index in [2.05, 4.69) is 8.75 Å². The van der Waals surface area contributed by atoms with Crippen molar-refractivity contribution < 1.29 is 19.2 Å². The summed E-state index contributed by atoms with van der Waals surface area (Å²) in [5.41, 5.74) is 3.48. The standard InChI is InChI=1S/C38H16N2O4S3/c41-33-23-9-17-5-1-2-6-18(17)10-24(23)34(42)29(33)15-21-13-27-31-32(40-47-39-31)28-14-22(46-38(28)37(27)45-21)16-30-35(43)25-11-19-7-3-4-8-20(19)12-26(25)36(30)44/h1-16H. The summed E-state index contributed by atoms with van der Waals surface area (Å²) >= 11 is 4.07. The first-order valence-electron chi connectivity index (χ1n) is 14.7. The molecule has 0 N–H and O–H groups in total. The number of hydrogen-bond donors (Lipinski definition) is 0. The lowest BCUT2D eigenvalue weighted by atomic mass is 10.0. The second-order valence-corrected chi connectivity index (χ2v) is 14.4. The van der Waals surface area contributed by atoms with Crippen LogP contribution in [-0.4, -0.2) is 31.9 Å². The Bertz CT molecular complexity index is 2580. The summed E-state index contributed by atoms with van der Waals surface area (Å²) in [5, 5.41) is 5.42. The number of aromatic nitrogens is 2. The minimum Gasteiger partial charge on any atom is -0.288 e. The van der Waals surface area contributed by atoms with Gasteiger partial charge in [-0.25, -0.2) is 0 Å². The fourth-order valence-electron chi connectivity index (χ4n) is 6.76. The molecule has 47 heavy (non-hydrogen) atoms. The van der Waals surface area contributed by atoms with Gasteiger partial charge in [0.2, 0.25) is 0 Å². The molecule has 0 spiro atoms. The van der Waals surface area contributed by atoms with Crippen molar-refractivity contribution in [3.05, 3.63) is 128 Å². The van der Waals surface area contributed by atoms with Gasteiger partial charge in [0.05, 0.1) is 32.3 Å². The highest BCUT2D eigenvalue weighted by atomic mass is 32.1. The number of fused-ring (bicyclic) bond motifs is 10. The number of ketones is 4. The van der Waals surface area contributed by atoms with Gasteiger partial charge >= 0.3 is 0 Å². The van der Waals surface area contributed by atoms with Gasteiger partial charge in [-0.1, -0.05) is 48.5 Å². The van der Waals surface area contributed by atoms with Gasteiger partial charge in [0.25, 0.3) is 0 Å². The van der Waals surface area contributed by atoms with E-state index in [4.69, 9.17) is 0 Å². The maximum atomic E-state index is 13.5. The lowest BCUT2D eigenvalue weighted by Gasteiger charge is -2.00. The predicted molar refractivity (Wildman–Crippen MR) is 189 cm³/mol. The second kappa shape index (κ2) is 9.52. The summed E-state index contributed by atoms with van der Waals surface area (Å²) in [6.07, 6.45) is 3.37. The van der Waals surface area contributed by atoms with Crippen LogP contribution < -0.4 is 0 Å². The Morgan fingerprint density at radius 3 is 1.15 bits per heavy atom. The molecule has 0 bridgehead atoms. The summed E-state index contributed by atoms with van der Waals surface area (Å²) in [4.78, 5) is 55.4. The Morgan fingerprint density at radius 2 is 0.809 bits per heavy atom. The van der Waals surface area contributed by atoms with E-state index in [0.29, 0.717) is 22.3 Å². The number of carbonyl (C=O) groups is 4. The summed E-state index contributed by atoms with van der Waals surface area (Å²) in [6, 6.07) is 26.5. The van der Waals surface area contributed by atoms with Gasteiger partial charge in [0.15, 0.2) is 23.1 Å². The van der Waals surface area contributed by atoms with Crippen LogP contribution in [0.3, 0.4) is 0 Å². The molecule has 2 aliphatic rings. The fourth-order valence-corrected chi connectivity index (χ4v) is 9.70. The van der Waals surface area contributed by atoms with Crippen molar-refractivity contribution in [1.82, 2.24) is 8.75 Å². The zero-order valence-corrected chi connectivity index (χ0v) is 26.4. The van der Waals surface area contributed by atoms with Crippen LogP contribution in [0.2, 0.25) is 0 Å². The molecule has 0 amide bonds. The first-order valence-corrected chi connectivity index (χ1v) is 17.1. The van der Waals surface area contributed by atoms with Crippen LogP contribution in [0.15, 0.2) is 96.1 Å². The normalized spacial score (nSPS) is 14.5. The number of rotatable bonds is 2. The van der Waals surface area contributed by atoms with Crippen LogP contribution >= 0.6 is 34.4 Å². The number of benzene rings is 5. The van der Waals surface area contributed by atoms with E-state index in [0.717, 1.165) is 74.2 Å². The van der Waals surface area contributed by atoms with Gasteiger partial charge in [-0.3, -0.25) is 19.2 Å². The van der Waals surface area contributed by atoms with Gasteiger partial charge < -0.3 is 0 Å². The Balaban J connectivity index is 1.09. The van der Waals surface area contributed by atoms with Gasteiger partial charge in [-0.05, 0) is 70.1 Å². The summed E-state index contributed by atoms with van der Waals surface area (Å²) in [6.45, 7) is 0. The SMILES string of the molecule is O=C1C(=Cc2cc3c4nsnc4c4cc(C=C5C(=O)c6cc7ccccc7cc6C5=O)sc4c3s2)C(=O)c2cc3ccccc3cc21. The molecule has 0 saturated carbocycles. The van der Waals surface area contributed by atoms with Gasteiger partial charge in [0, 0.05) is 42.8 Å². The summed E-state index contributed by atoms with van der Waals surface area (Å²) < 4.78 is 11.1. The lowest BCUT2D eigenvalue weighted by Crippen LogP contribution is -1.99. The highest BCUT2D eigenvalue weighted by molar-refractivity contribution is 7.28. The quantitative estimate of drug-likeness (QED) is 0.136. The predicted octanol–water partition coefficient (Wildman–Crippen LogP) is 9.35. The largest absolute Gasteiger partial charge is 0.288 e. The molecule has 0 radical (unpaired) electrons. The van der Waals surface area contributed by atoms with E-state index in [-0.39, 0.29) is 34.3 Å². The number of hydrogen-bond acceptors (Lipinski definition) is 9. The first kappa shape index (κ1) is 26.7.